The van der Waals surface area contributed by atoms with Crippen LogP contribution in [0.25, 0.3) is 0 Å². The third kappa shape index (κ3) is 13.9. The molecule has 2 aromatic rings. The minimum Gasteiger partial charge on any atom is -0.507 e. The van der Waals surface area contributed by atoms with E-state index in [0.717, 1.165) is 48.4 Å². The standard InChI is InChI=1S/C38H64N4O2.2CH3.2Ni/c1-35(2,3)31-15-27-19-39(11)23-37(7,8)25-41(13)21-29-17-32(36(4,5)6)18-30(34(29)44)22-42(14)26-38(9,10)24-40(12)20-28(16-31)33(27)43;;;;/h15-18,43-44H,19-26H2,1-14H3;2*1H3;;/q;2*-1;2*+3. The summed E-state index contributed by atoms with van der Waals surface area (Å²) < 4.78 is 0. The van der Waals surface area contributed by atoms with Gasteiger partial charge in [0, 0.05) is 74.6 Å². The Morgan fingerprint density at radius 2 is 0.667 bits per heavy atom. The molecule has 0 saturated carbocycles. The number of rotatable bonds is 0. The predicted octanol–water partition coefficient (Wildman–Crippen LogP) is 8.08. The van der Waals surface area contributed by atoms with E-state index in [0.29, 0.717) is 37.7 Å². The summed E-state index contributed by atoms with van der Waals surface area (Å²) in [7, 11) is 8.64. The predicted molar refractivity (Wildman–Crippen MR) is 199 cm³/mol. The van der Waals surface area contributed by atoms with Crippen molar-refractivity contribution in [2.24, 2.45) is 10.8 Å². The largest absolute Gasteiger partial charge is 3.00 e. The SMILES string of the molecule is CN1Cc2cc(C(C)(C)C)cc(c2O)CN(C)CC(C)(C)CN(C)Cc2cc(C(C)(C)C)cc(c2O)CN(C)CC(C)(C)C1.[CH3-].[CH3-].[Ni+3].[Ni+3]. The molecule has 0 amide bonds. The van der Waals surface area contributed by atoms with Crippen LogP contribution in [0.15, 0.2) is 24.3 Å². The Morgan fingerprint density at radius 3 is 0.833 bits per heavy atom. The molecule has 3 rings (SSSR count). The summed E-state index contributed by atoms with van der Waals surface area (Å²) in [5.74, 6) is 0.860. The quantitative estimate of drug-likeness (QED) is 0.210. The molecule has 0 saturated heterocycles. The van der Waals surface area contributed by atoms with Gasteiger partial charge in [-0.05, 0) is 61.0 Å². The molecule has 0 fully saturated rings. The van der Waals surface area contributed by atoms with E-state index in [1.807, 2.05) is 0 Å². The van der Waals surface area contributed by atoms with Gasteiger partial charge in [0.05, 0.1) is 0 Å². The summed E-state index contributed by atoms with van der Waals surface area (Å²) >= 11 is 0. The van der Waals surface area contributed by atoms with E-state index >= 15 is 0 Å². The Balaban J connectivity index is 0. The van der Waals surface area contributed by atoms with Crippen LogP contribution in [0.5, 0.6) is 11.5 Å². The van der Waals surface area contributed by atoms with Gasteiger partial charge < -0.3 is 44.7 Å². The maximum Gasteiger partial charge on any atom is 3.00 e. The van der Waals surface area contributed by atoms with Crippen LogP contribution in [-0.4, -0.2) is 84.2 Å². The van der Waals surface area contributed by atoms with E-state index in [4.69, 9.17) is 0 Å². The summed E-state index contributed by atoms with van der Waals surface area (Å²) in [5, 5.41) is 23.1. The fourth-order valence-corrected chi connectivity index (χ4v) is 7.28. The zero-order valence-corrected chi connectivity index (χ0v) is 35.3. The summed E-state index contributed by atoms with van der Waals surface area (Å²) in [6.45, 7) is 29.0. The van der Waals surface area contributed by atoms with E-state index < -0.39 is 0 Å². The van der Waals surface area contributed by atoms with Crippen molar-refractivity contribution in [3.05, 3.63) is 72.5 Å². The molecule has 0 atom stereocenters. The van der Waals surface area contributed by atoms with E-state index in [9.17, 15) is 10.2 Å². The van der Waals surface area contributed by atoms with Gasteiger partial charge in [-0.3, -0.25) is 0 Å². The molecule has 1 aliphatic heterocycles. The number of phenols is 2. The van der Waals surface area contributed by atoms with E-state index in [2.05, 4.69) is 141 Å². The Bertz CT molecular complexity index is 1120. The average Bonchev–Trinajstić information content (AvgIpc) is 2.80. The third-order valence-electron chi connectivity index (χ3n) is 8.82. The average molecular weight is 756 g/mol. The molecule has 0 spiro atoms. The van der Waals surface area contributed by atoms with Crippen molar-refractivity contribution in [2.75, 3.05) is 54.4 Å². The fourth-order valence-electron chi connectivity index (χ4n) is 7.28. The molecule has 6 nitrogen and oxygen atoms in total. The summed E-state index contributed by atoms with van der Waals surface area (Å²) in [6.07, 6.45) is 0. The first-order valence-corrected chi connectivity index (χ1v) is 16.4. The van der Waals surface area contributed by atoms with Crippen LogP contribution in [0.2, 0.25) is 0 Å². The minimum atomic E-state index is -0.0135. The monoisotopic (exact) mass is 754 g/mol. The normalized spacial score (nSPS) is 19.1. The molecule has 1 heterocycles. The van der Waals surface area contributed by atoms with Crippen LogP contribution in [0.3, 0.4) is 0 Å². The smallest absolute Gasteiger partial charge is 0.507 e. The summed E-state index contributed by atoms with van der Waals surface area (Å²) in [4.78, 5) is 9.37. The third-order valence-corrected chi connectivity index (χ3v) is 8.82. The van der Waals surface area contributed by atoms with Gasteiger partial charge in [-0.25, -0.2) is 0 Å². The molecule has 0 aromatic heterocycles. The van der Waals surface area contributed by atoms with Gasteiger partial charge in [-0.15, -0.1) is 0 Å². The van der Waals surface area contributed by atoms with Crippen LogP contribution >= 0.6 is 0 Å². The molecule has 48 heavy (non-hydrogen) atoms. The first-order chi connectivity index (χ1) is 20.0. The number of benzene rings is 2. The summed E-state index contributed by atoms with van der Waals surface area (Å²) in [6, 6.07) is 8.84. The van der Waals surface area contributed by atoms with Gasteiger partial charge in [0.25, 0.3) is 0 Å². The van der Waals surface area contributed by atoms with Gasteiger partial charge in [0.15, 0.2) is 0 Å². The van der Waals surface area contributed by atoms with Gasteiger partial charge in [0.2, 0.25) is 0 Å². The van der Waals surface area contributed by atoms with Gasteiger partial charge in [0.1, 0.15) is 11.5 Å². The van der Waals surface area contributed by atoms with Crippen molar-refractivity contribution in [2.45, 2.75) is 106 Å². The van der Waals surface area contributed by atoms with E-state index in [1.54, 1.807) is 0 Å². The van der Waals surface area contributed by atoms with Gasteiger partial charge in [-0.2, -0.15) is 0 Å². The molecule has 8 heteroatoms. The molecule has 2 N–H and O–H groups in total. The second-order valence-corrected chi connectivity index (χ2v) is 17.8. The second-order valence-electron chi connectivity index (χ2n) is 17.8. The van der Waals surface area contributed by atoms with E-state index in [-0.39, 0.29) is 69.5 Å². The van der Waals surface area contributed by atoms with Crippen molar-refractivity contribution in [1.29, 1.82) is 0 Å². The molecule has 4 bridgehead atoms. The maximum absolute atomic E-state index is 11.6. The number of fused-ring (bicyclic) bond motifs is 4. The number of phenolic OH excluding ortho intramolecular Hbond substituents is 2. The van der Waals surface area contributed by atoms with Crippen molar-refractivity contribution in [1.82, 2.24) is 19.6 Å². The van der Waals surface area contributed by atoms with Crippen molar-refractivity contribution in [3.63, 3.8) is 0 Å². The molecule has 2 aromatic carbocycles. The molecule has 0 unspecified atom stereocenters. The number of aromatic hydroxyl groups is 2. The molecule has 0 aliphatic carbocycles. The topological polar surface area (TPSA) is 53.4 Å². The zero-order chi connectivity index (χ0) is 33.4. The molecular formula is C40H70N4Ni2O2+4. The Morgan fingerprint density at radius 1 is 0.479 bits per heavy atom. The van der Waals surface area contributed by atoms with Crippen molar-refractivity contribution >= 4 is 0 Å². The van der Waals surface area contributed by atoms with Crippen LogP contribution in [-0.2, 0) is 70.0 Å². The second kappa shape index (κ2) is 18.4. The number of hydrogen-bond donors (Lipinski definition) is 2. The van der Waals surface area contributed by atoms with Crippen molar-refractivity contribution < 1.29 is 43.2 Å². The van der Waals surface area contributed by atoms with E-state index in [1.165, 1.54) is 11.1 Å². The fraction of sp³-hybridized carbons (Fsp3) is 0.650. The first-order valence-electron chi connectivity index (χ1n) is 16.4. The van der Waals surface area contributed by atoms with Gasteiger partial charge in [-0.1, -0.05) is 93.5 Å². The van der Waals surface area contributed by atoms with Crippen LogP contribution in [0.1, 0.15) is 103 Å². The minimum absolute atomic E-state index is 0. The molecular weight excluding hydrogens is 686 g/mol. The molecule has 2 radical (unpaired) electrons. The van der Waals surface area contributed by atoms with Crippen LogP contribution in [0, 0.1) is 25.7 Å². The summed E-state index contributed by atoms with van der Waals surface area (Å²) in [5.41, 5.74) is 6.48. The van der Waals surface area contributed by atoms with Crippen molar-refractivity contribution in [3.8, 4) is 11.5 Å². The molecule has 278 valence electrons. The Labute approximate surface area is 316 Å². The Hall–Kier alpha value is -1.13. The van der Waals surface area contributed by atoms with Gasteiger partial charge >= 0.3 is 33.0 Å². The Kier molecular flexibility index (Phi) is 18.8. The van der Waals surface area contributed by atoms with Crippen LogP contribution < -0.4 is 0 Å². The zero-order valence-electron chi connectivity index (χ0n) is 33.3. The van der Waals surface area contributed by atoms with Crippen LogP contribution in [0.4, 0.5) is 0 Å². The maximum atomic E-state index is 11.6. The molecule has 1 aliphatic rings. The number of nitrogens with zero attached hydrogens (tertiary/aromatic N) is 4. The first kappa shape index (κ1) is 49.0. The number of hydrogen-bond acceptors (Lipinski definition) is 6.